The van der Waals surface area contributed by atoms with Crippen LogP contribution in [0.5, 0.6) is 0 Å². The summed E-state index contributed by atoms with van der Waals surface area (Å²) in [5.74, 6) is -1.02. The molecule has 2 N–H and O–H groups in total. The number of benzene rings is 1. The van der Waals surface area contributed by atoms with Crippen LogP contribution in [0.2, 0.25) is 5.02 Å². The monoisotopic (exact) mass is 285 g/mol. The lowest BCUT2D eigenvalue weighted by Gasteiger charge is -2.20. The van der Waals surface area contributed by atoms with Gasteiger partial charge in [-0.15, -0.1) is 0 Å². The molecule has 0 aliphatic rings. The maximum absolute atomic E-state index is 11.8. The lowest BCUT2D eigenvalue weighted by molar-refractivity contribution is -0.152. The molecule has 19 heavy (non-hydrogen) atoms. The number of carbonyl (C=O) groups is 2. The van der Waals surface area contributed by atoms with Crippen LogP contribution in [0.1, 0.15) is 24.2 Å². The summed E-state index contributed by atoms with van der Waals surface area (Å²) in [6.07, 6.45) is 0. The number of hydrogen-bond donors (Lipinski definition) is 1. The van der Waals surface area contributed by atoms with Crippen LogP contribution in [0.3, 0.4) is 0 Å². The van der Waals surface area contributed by atoms with E-state index in [9.17, 15) is 9.59 Å². The molecule has 0 bridgehead atoms. The third-order valence-electron chi connectivity index (χ3n) is 2.53. The van der Waals surface area contributed by atoms with E-state index in [2.05, 4.69) is 4.74 Å². The van der Waals surface area contributed by atoms with Gasteiger partial charge in [0.2, 0.25) is 0 Å². The average Bonchev–Trinajstić information content (AvgIpc) is 2.38. The predicted molar refractivity (Wildman–Crippen MR) is 71.9 cm³/mol. The molecule has 0 unspecified atom stereocenters. The first-order valence-corrected chi connectivity index (χ1v) is 5.96. The number of hydrogen-bond acceptors (Lipinski definition) is 5. The molecule has 0 spiro atoms. The molecule has 1 rings (SSSR count). The molecule has 6 heteroatoms. The number of anilines is 1. The van der Waals surface area contributed by atoms with Crippen molar-refractivity contribution in [3.05, 3.63) is 28.8 Å². The predicted octanol–water partition coefficient (Wildman–Crippen LogP) is 2.28. The van der Waals surface area contributed by atoms with Gasteiger partial charge in [-0.05, 0) is 32.0 Å². The largest absolute Gasteiger partial charge is 0.469 e. The molecule has 1 aromatic rings. The Hall–Kier alpha value is -1.75. The number of nitrogen functional groups attached to an aromatic ring is 1. The second-order valence-electron chi connectivity index (χ2n) is 4.69. The average molecular weight is 286 g/mol. The van der Waals surface area contributed by atoms with Gasteiger partial charge in [-0.25, -0.2) is 4.79 Å². The van der Waals surface area contributed by atoms with Gasteiger partial charge < -0.3 is 15.2 Å². The summed E-state index contributed by atoms with van der Waals surface area (Å²) in [7, 11) is 1.28. The topological polar surface area (TPSA) is 78.6 Å². The zero-order valence-electron chi connectivity index (χ0n) is 11.0. The van der Waals surface area contributed by atoms with E-state index in [1.807, 2.05) is 0 Å². The normalized spacial score (nSPS) is 10.9. The van der Waals surface area contributed by atoms with Crippen LogP contribution in [0, 0.1) is 5.41 Å². The van der Waals surface area contributed by atoms with Crippen molar-refractivity contribution in [1.29, 1.82) is 0 Å². The quantitative estimate of drug-likeness (QED) is 0.678. The third-order valence-corrected chi connectivity index (χ3v) is 2.88. The molecular formula is C13H16ClNO4. The Morgan fingerprint density at radius 1 is 1.37 bits per heavy atom. The van der Waals surface area contributed by atoms with Gasteiger partial charge in [0.25, 0.3) is 0 Å². The highest BCUT2D eigenvalue weighted by Crippen LogP contribution is 2.21. The minimum Gasteiger partial charge on any atom is -0.469 e. The molecular weight excluding hydrogens is 270 g/mol. The van der Waals surface area contributed by atoms with Crippen molar-refractivity contribution in [3.8, 4) is 0 Å². The van der Waals surface area contributed by atoms with Crippen molar-refractivity contribution in [1.82, 2.24) is 0 Å². The van der Waals surface area contributed by atoms with E-state index in [1.54, 1.807) is 13.8 Å². The van der Waals surface area contributed by atoms with Gasteiger partial charge >= 0.3 is 11.9 Å². The Bertz CT molecular complexity index is 499. The molecule has 0 heterocycles. The van der Waals surface area contributed by atoms with Crippen LogP contribution >= 0.6 is 11.6 Å². The maximum Gasteiger partial charge on any atom is 0.338 e. The molecule has 104 valence electrons. The summed E-state index contributed by atoms with van der Waals surface area (Å²) in [5.41, 5.74) is 5.27. The SMILES string of the molecule is COC(=O)C(C)(C)COC(=O)c1ccc(Cl)c(N)c1. The van der Waals surface area contributed by atoms with Gasteiger partial charge in [0.1, 0.15) is 6.61 Å². The van der Waals surface area contributed by atoms with Gasteiger partial charge in [0.05, 0.1) is 28.8 Å². The van der Waals surface area contributed by atoms with Crippen LogP contribution in [-0.4, -0.2) is 25.7 Å². The third kappa shape index (κ3) is 3.86. The molecule has 1 aromatic carbocycles. The van der Waals surface area contributed by atoms with E-state index in [1.165, 1.54) is 25.3 Å². The second kappa shape index (κ2) is 5.93. The summed E-state index contributed by atoms with van der Waals surface area (Å²) < 4.78 is 9.69. The summed E-state index contributed by atoms with van der Waals surface area (Å²) >= 11 is 5.76. The lowest BCUT2D eigenvalue weighted by atomic mass is 9.95. The molecule has 0 fully saturated rings. The Balaban J connectivity index is 2.70. The van der Waals surface area contributed by atoms with E-state index in [0.717, 1.165) is 0 Å². The number of esters is 2. The van der Waals surface area contributed by atoms with Crippen LogP contribution < -0.4 is 5.73 Å². The number of halogens is 1. The van der Waals surface area contributed by atoms with Crippen molar-refractivity contribution >= 4 is 29.2 Å². The fraction of sp³-hybridized carbons (Fsp3) is 0.385. The summed E-state index contributed by atoms with van der Waals surface area (Å²) in [4.78, 5) is 23.2. The zero-order chi connectivity index (χ0) is 14.6. The molecule has 0 aliphatic carbocycles. The Morgan fingerprint density at radius 3 is 2.53 bits per heavy atom. The zero-order valence-corrected chi connectivity index (χ0v) is 11.8. The second-order valence-corrected chi connectivity index (χ2v) is 5.10. The van der Waals surface area contributed by atoms with E-state index < -0.39 is 17.4 Å². The molecule has 5 nitrogen and oxygen atoms in total. The molecule has 0 radical (unpaired) electrons. The van der Waals surface area contributed by atoms with E-state index >= 15 is 0 Å². The first-order valence-electron chi connectivity index (χ1n) is 5.58. The number of ether oxygens (including phenoxy) is 2. The number of methoxy groups -OCH3 is 1. The van der Waals surface area contributed by atoms with Gasteiger partial charge in [-0.2, -0.15) is 0 Å². The number of carbonyl (C=O) groups excluding carboxylic acids is 2. The highest BCUT2D eigenvalue weighted by molar-refractivity contribution is 6.33. The van der Waals surface area contributed by atoms with Crippen molar-refractivity contribution in [2.24, 2.45) is 5.41 Å². The van der Waals surface area contributed by atoms with Gasteiger partial charge in [0.15, 0.2) is 0 Å². The molecule has 0 aromatic heterocycles. The Labute approximate surface area is 116 Å². The Morgan fingerprint density at radius 2 is 2.00 bits per heavy atom. The first-order chi connectivity index (χ1) is 8.77. The van der Waals surface area contributed by atoms with E-state index in [4.69, 9.17) is 22.1 Å². The summed E-state index contributed by atoms with van der Waals surface area (Å²) in [5, 5.41) is 0.367. The van der Waals surface area contributed by atoms with Gasteiger partial charge in [0, 0.05) is 0 Å². The number of rotatable bonds is 4. The molecule has 0 aliphatic heterocycles. The standard InChI is InChI=1S/C13H16ClNO4/c1-13(2,12(17)18-3)7-19-11(16)8-4-5-9(14)10(15)6-8/h4-6H,7,15H2,1-3H3. The summed E-state index contributed by atoms with van der Waals surface area (Å²) in [6, 6.07) is 4.45. The number of nitrogens with two attached hydrogens (primary N) is 1. The van der Waals surface area contributed by atoms with Crippen LogP contribution in [-0.2, 0) is 14.3 Å². The highest BCUT2D eigenvalue weighted by Gasteiger charge is 2.30. The van der Waals surface area contributed by atoms with E-state index in [0.29, 0.717) is 10.7 Å². The van der Waals surface area contributed by atoms with Crippen molar-refractivity contribution in [2.45, 2.75) is 13.8 Å². The smallest absolute Gasteiger partial charge is 0.338 e. The van der Waals surface area contributed by atoms with Crippen LogP contribution in [0.15, 0.2) is 18.2 Å². The minimum absolute atomic E-state index is 0.0823. The first kappa shape index (κ1) is 15.3. The fourth-order valence-corrected chi connectivity index (χ4v) is 1.45. The maximum atomic E-state index is 11.8. The molecule has 0 atom stereocenters. The molecule has 0 saturated heterocycles. The van der Waals surface area contributed by atoms with Crippen molar-refractivity contribution in [3.63, 3.8) is 0 Å². The lowest BCUT2D eigenvalue weighted by Crippen LogP contribution is -2.31. The van der Waals surface area contributed by atoms with Crippen molar-refractivity contribution < 1.29 is 19.1 Å². The van der Waals surface area contributed by atoms with Gasteiger partial charge in [-0.1, -0.05) is 11.6 Å². The highest BCUT2D eigenvalue weighted by atomic mass is 35.5. The van der Waals surface area contributed by atoms with Crippen molar-refractivity contribution in [2.75, 3.05) is 19.5 Å². The molecule has 0 amide bonds. The van der Waals surface area contributed by atoms with E-state index in [-0.39, 0.29) is 12.2 Å². The fourth-order valence-electron chi connectivity index (χ4n) is 1.34. The Kier molecular flexibility index (Phi) is 4.78. The minimum atomic E-state index is -0.900. The molecule has 0 saturated carbocycles. The summed E-state index contributed by atoms with van der Waals surface area (Å²) in [6.45, 7) is 3.17. The van der Waals surface area contributed by atoms with Crippen LogP contribution in [0.4, 0.5) is 5.69 Å². The van der Waals surface area contributed by atoms with Crippen LogP contribution in [0.25, 0.3) is 0 Å². The van der Waals surface area contributed by atoms with Gasteiger partial charge in [-0.3, -0.25) is 4.79 Å².